The van der Waals surface area contributed by atoms with Gasteiger partial charge in [0.1, 0.15) is 5.56 Å². The van der Waals surface area contributed by atoms with Crippen LogP contribution >= 0.6 is 0 Å². The predicted octanol–water partition coefficient (Wildman–Crippen LogP) is 7.58. The summed E-state index contributed by atoms with van der Waals surface area (Å²) in [5.41, 5.74) is 3.67. The number of aromatic carboxylic acids is 1. The number of carboxylic acid groups (broad SMARTS) is 1. The third-order valence-electron chi connectivity index (χ3n) is 7.74. The van der Waals surface area contributed by atoms with E-state index in [1.807, 2.05) is 54.6 Å². The molecule has 3 N–H and O–H groups in total. The highest BCUT2D eigenvalue weighted by molar-refractivity contribution is 6.06. The van der Waals surface area contributed by atoms with Gasteiger partial charge in [-0.2, -0.15) is 0 Å². The van der Waals surface area contributed by atoms with Gasteiger partial charge in [0.2, 0.25) is 5.91 Å². The van der Waals surface area contributed by atoms with E-state index in [-0.39, 0.29) is 17.2 Å². The topological polar surface area (TPSA) is 86.6 Å². The van der Waals surface area contributed by atoms with Gasteiger partial charge in [0, 0.05) is 29.5 Å². The van der Waals surface area contributed by atoms with Gasteiger partial charge >= 0.3 is 5.97 Å². The second-order valence-corrected chi connectivity index (χ2v) is 10.5. The summed E-state index contributed by atoms with van der Waals surface area (Å²) in [7, 11) is 0. The molecule has 0 bridgehead atoms. The van der Waals surface area contributed by atoms with Gasteiger partial charge in [-0.25, -0.2) is 4.79 Å². The molecular formula is C34H37NO4. The monoisotopic (exact) mass is 523 g/mol. The lowest BCUT2D eigenvalue weighted by Crippen LogP contribution is -2.17. The molecule has 0 aliphatic heterocycles. The maximum atomic E-state index is 13.1. The van der Waals surface area contributed by atoms with E-state index in [0.717, 1.165) is 49.7 Å². The lowest BCUT2D eigenvalue weighted by molar-refractivity contribution is -0.116. The first-order valence-corrected chi connectivity index (χ1v) is 14.0. The van der Waals surface area contributed by atoms with E-state index in [9.17, 15) is 19.8 Å². The summed E-state index contributed by atoms with van der Waals surface area (Å²) in [5, 5.41) is 24.5. The van der Waals surface area contributed by atoms with E-state index in [1.165, 1.54) is 12.8 Å². The minimum atomic E-state index is -1.30. The zero-order valence-electron chi connectivity index (χ0n) is 22.6. The van der Waals surface area contributed by atoms with Crippen molar-refractivity contribution in [3.63, 3.8) is 0 Å². The number of aryl methyl sites for hydroxylation is 1. The van der Waals surface area contributed by atoms with Gasteiger partial charge in [-0.1, -0.05) is 99.5 Å². The van der Waals surface area contributed by atoms with Crippen molar-refractivity contribution >= 4 is 17.6 Å². The van der Waals surface area contributed by atoms with E-state index >= 15 is 0 Å². The molecule has 0 atom stereocenters. The Bertz CT molecular complexity index is 1350. The van der Waals surface area contributed by atoms with Crippen molar-refractivity contribution < 1.29 is 19.8 Å². The van der Waals surface area contributed by atoms with Crippen LogP contribution in [0.5, 0.6) is 5.75 Å². The van der Waals surface area contributed by atoms with Crippen molar-refractivity contribution in [1.82, 2.24) is 0 Å². The van der Waals surface area contributed by atoms with Crippen LogP contribution in [-0.4, -0.2) is 22.1 Å². The van der Waals surface area contributed by atoms with Crippen LogP contribution in [0.15, 0.2) is 54.6 Å². The molecule has 39 heavy (non-hydrogen) atoms. The molecule has 0 saturated heterocycles. The Morgan fingerprint density at radius 1 is 1.03 bits per heavy atom. The second kappa shape index (κ2) is 13.2. The molecule has 1 fully saturated rings. The molecule has 0 unspecified atom stereocenters. The van der Waals surface area contributed by atoms with E-state index in [1.54, 1.807) is 0 Å². The third-order valence-corrected chi connectivity index (χ3v) is 7.74. The van der Waals surface area contributed by atoms with Gasteiger partial charge in [-0.15, -0.1) is 6.42 Å². The van der Waals surface area contributed by atoms with Crippen LogP contribution in [0.1, 0.15) is 90.9 Å². The molecule has 1 saturated carbocycles. The van der Waals surface area contributed by atoms with Gasteiger partial charge in [-0.3, -0.25) is 4.79 Å². The molecule has 3 aromatic rings. The molecule has 0 radical (unpaired) electrons. The highest BCUT2D eigenvalue weighted by Crippen LogP contribution is 2.43. The Morgan fingerprint density at radius 3 is 2.33 bits per heavy atom. The lowest BCUT2D eigenvalue weighted by Gasteiger charge is -2.22. The van der Waals surface area contributed by atoms with Crippen molar-refractivity contribution in [2.75, 3.05) is 5.32 Å². The van der Waals surface area contributed by atoms with Crippen LogP contribution in [-0.2, 0) is 17.6 Å². The molecule has 1 aliphatic carbocycles. The van der Waals surface area contributed by atoms with Crippen LogP contribution in [0.2, 0.25) is 0 Å². The van der Waals surface area contributed by atoms with E-state index in [0.29, 0.717) is 41.0 Å². The van der Waals surface area contributed by atoms with Crippen molar-refractivity contribution in [2.45, 2.75) is 71.1 Å². The fraction of sp³-hybridized carbons (Fsp3) is 0.353. The Morgan fingerprint density at radius 2 is 1.72 bits per heavy atom. The lowest BCUT2D eigenvalue weighted by atomic mass is 9.86. The summed E-state index contributed by atoms with van der Waals surface area (Å²) >= 11 is 0. The summed E-state index contributed by atoms with van der Waals surface area (Å²) in [6.07, 6.45) is 15.2. The normalized spacial score (nSPS) is 13.2. The maximum absolute atomic E-state index is 13.1. The SMILES string of the molecule is C#Cc1c(Cc2ccccc2)c(NC(=O)CCC2CCCC2)c(O)c(C(=O)O)c1-c1ccc(CCCC)cc1. The first kappa shape index (κ1) is 28.0. The van der Waals surface area contributed by atoms with E-state index in [4.69, 9.17) is 6.42 Å². The maximum Gasteiger partial charge on any atom is 0.340 e. The molecule has 3 aromatic carbocycles. The number of terminal acetylenes is 1. The summed E-state index contributed by atoms with van der Waals surface area (Å²) in [5.74, 6) is 1.23. The molecule has 5 heteroatoms. The molecule has 4 rings (SSSR count). The molecule has 0 heterocycles. The molecule has 1 aliphatic rings. The fourth-order valence-corrected chi connectivity index (χ4v) is 5.61. The van der Waals surface area contributed by atoms with Crippen LogP contribution in [0.3, 0.4) is 0 Å². The Hall–Kier alpha value is -4.04. The molecule has 1 amide bonds. The number of carboxylic acids is 1. The first-order valence-electron chi connectivity index (χ1n) is 14.0. The highest BCUT2D eigenvalue weighted by atomic mass is 16.4. The standard InChI is InChI=1S/C34H37NO4/c1-3-5-11-24-16-19-26(20-17-24)30-27(4-2)28(22-25-14-7-6-8-15-25)32(33(37)31(30)34(38)39)35-29(36)21-18-23-12-9-10-13-23/h2,6-8,14-17,19-20,23,37H,3,5,9-13,18,21-22H2,1H3,(H,35,36)(H,38,39). The second-order valence-electron chi connectivity index (χ2n) is 10.5. The Balaban J connectivity index is 1.82. The van der Waals surface area contributed by atoms with Crippen molar-refractivity contribution in [1.29, 1.82) is 0 Å². The van der Waals surface area contributed by atoms with E-state index < -0.39 is 11.7 Å². The van der Waals surface area contributed by atoms with E-state index in [2.05, 4.69) is 18.2 Å². The van der Waals surface area contributed by atoms with Crippen molar-refractivity contribution in [2.24, 2.45) is 5.92 Å². The Kier molecular flexibility index (Phi) is 9.44. The number of anilines is 1. The number of hydrogen-bond donors (Lipinski definition) is 3. The van der Waals surface area contributed by atoms with Crippen LogP contribution < -0.4 is 5.32 Å². The molecular weight excluding hydrogens is 486 g/mol. The zero-order valence-corrected chi connectivity index (χ0v) is 22.6. The average Bonchev–Trinajstić information content (AvgIpc) is 3.47. The number of benzene rings is 3. The van der Waals surface area contributed by atoms with Crippen LogP contribution in [0, 0.1) is 18.3 Å². The molecule has 0 aromatic heterocycles. The Labute approximate surface area is 231 Å². The van der Waals surface area contributed by atoms with Gasteiger partial charge < -0.3 is 15.5 Å². The third kappa shape index (κ3) is 6.70. The summed E-state index contributed by atoms with van der Waals surface area (Å²) in [4.78, 5) is 25.6. The summed E-state index contributed by atoms with van der Waals surface area (Å²) < 4.78 is 0. The fourth-order valence-electron chi connectivity index (χ4n) is 5.61. The smallest absolute Gasteiger partial charge is 0.340 e. The van der Waals surface area contributed by atoms with Crippen molar-refractivity contribution in [3.05, 3.63) is 82.4 Å². The minimum Gasteiger partial charge on any atom is -0.505 e. The highest BCUT2D eigenvalue weighted by Gasteiger charge is 2.29. The average molecular weight is 524 g/mol. The number of nitrogens with one attached hydrogen (secondary N) is 1. The quantitative estimate of drug-likeness (QED) is 0.179. The van der Waals surface area contributed by atoms with Gasteiger partial charge in [0.15, 0.2) is 5.75 Å². The summed E-state index contributed by atoms with van der Waals surface area (Å²) in [6, 6.07) is 17.3. The van der Waals surface area contributed by atoms with Gasteiger partial charge in [-0.05, 0) is 41.9 Å². The molecule has 5 nitrogen and oxygen atoms in total. The van der Waals surface area contributed by atoms with Gasteiger partial charge in [0.05, 0.1) is 5.69 Å². The number of phenols is 1. The van der Waals surface area contributed by atoms with Crippen LogP contribution in [0.25, 0.3) is 11.1 Å². The molecule has 0 spiro atoms. The minimum absolute atomic E-state index is 0.0870. The number of rotatable bonds is 11. The predicted molar refractivity (Wildman–Crippen MR) is 156 cm³/mol. The van der Waals surface area contributed by atoms with Crippen LogP contribution in [0.4, 0.5) is 5.69 Å². The number of hydrogen-bond acceptors (Lipinski definition) is 3. The first-order chi connectivity index (χ1) is 18.9. The zero-order chi connectivity index (χ0) is 27.8. The summed E-state index contributed by atoms with van der Waals surface area (Å²) in [6.45, 7) is 2.14. The molecule has 202 valence electrons. The largest absolute Gasteiger partial charge is 0.505 e. The number of carbonyl (C=O) groups excluding carboxylic acids is 1. The number of aromatic hydroxyl groups is 1. The van der Waals surface area contributed by atoms with Gasteiger partial charge in [0.25, 0.3) is 0 Å². The number of unbranched alkanes of at least 4 members (excludes halogenated alkanes) is 1. The number of amides is 1. The van der Waals surface area contributed by atoms with Crippen molar-refractivity contribution in [3.8, 4) is 29.2 Å². The number of carbonyl (C=O) groups is 2.